The number of benzene rings is 1. The Morgan fingerprint density at radius 2 is 1.74 bits per heavy atom. The van der Waals surface area contributed by atoms with Crippen LogP contribution in [-0.4, -0.2) is 108 Å². The van der Waals surface area contributed by atoms with Crippen LogP contribution >= 0.6 is 0 Å². The highest BCUT2D eigenvalue weighted by molar-refractivity contribution is 6.00. The maximum absolute atomic E-state index is 13.9. The van der Waals surface area contributed by atoms with E-state index in [2.05, 4.69) is 26.3 Å². The molecule has 1 aromatic carbocycles. The predicted octanol–water partition coefficient (Wildman–Crippen LogP) is 0.725. The fourth-order valence-corrected chi connectivity index (χ4v) is 6.02. The lowest BCUT2D eigenvalue weighted by Gasteiger charge is -2.30. The Balaban J connectivity index is 1.68. The summed E-state index contributed by atoms with van der Waals surface area (Å²) in [5, 5.41) is 21.7. The molecular weight excluding hydrogens is 648 g/mol. The van der Waals surface area contributed by atoms with Crippen molar-refractivity contribution in [1.82, 2.24) is 31.2 Å². The van der Waals surface area contributed by atoms with E-state index < -0.39 is 59.8 Å². The molecule has 6 atom stereocenters. The van der Waals surface area contributed by atoms with Crippen LogP contribution in [0.25, 0.3) is 0 Å². The van der Waals surface area contributed by atoms with Crippen molar-refractivity contribution in [1.29, 1.82) is 0 Å². The molecule has 0 aliphatic carbocycles. The van der Waals surface area contributed by atoms with Crippen molar-refractivity contribution in [2.45, 2.75) is 89.7 Å². The number of hydrogen-bond donors (Lipinski definition) is 5. The van der Waals surface area contributed by atoms with Gasteiger partial charge >= 0.3 is 0 Å². The van der Waals surface area contributed by atoms with E-state index >= 15 is 0 Å². The largest absolute Gasteiger partial charge is 0.491 e. The number of ether oxygens (including phenoxy) is 3. The van der Waals surface area contributed by atoms with Crippen LogP contribution in [0, 0.1) is 5.92 Å². The van der Waals surface area contributed by atoms with E-state index in [-0.39, 0.29) is 61.7 Å². The highest BCUT2D eigenvalue weighted by Gasteiger charge is 2.42. The first kappa shape index (κ1) is 37.9. The Morgan fingerprint density at radius 1 is 1.02 bits per heavy atom. The summed E-state index contributed by atoms with van der Waals surface area (Å²) >= 11 is 0. The molecule has 0 unspecified atom stereocenters. The van der Waals surface area contributed by atoms with Crippen molar-refractivity contribution in [2.75, 3.05) is 27.4 Å². The van der Waals surface area contributed by atoms with Crippen LogP contribution < -0.4 is 35.5 Å². The highest BCUT2D eigenvalue weighted by Crippen LogP contribution is 2.23. The lowest BCUT2D eigenvalue weighted by molar-refractivity contribution is -0.142. The average Bonchev–Trinajstić information content (AvgIpc) is 3.49. The van der Waals surface area contributed by atoms with Gasteiger partial charge in [0.15, 0.2) is 0 Å². The van der Waals surface area contributed by atoms with E-state index in [9.17, 15) is 29.1 Å². The first-order valence-electron chi connectivity index (χ1n) is 16.8. The third-order valence-electron chi connectivity index (χ3n) is 8.66. The van der Waals surface area contributed by atoms with E-state index in [0.717, 1.165) is 0 Å². The van der Waals surface area contributed by atoms with Gasteiger partial charge in [-0.3, -0.25) is 24.0 Å². The molecule has 5 rings (SSSR count). The summed E-state index contributed by atoms with van der Waals surface area (Å²) < 4.78 is 16.5. The number of rotatable bonds is 7. The number of nitrogens with zero attached hydrogens (tertiary/aromatic N) is 2. The van der Waals surface area contributed by atoms with Crippen molar-refractivity contribution in [3.8, 4) is 17.5 Å². The van der Waals surface area contributed by atoms with Gasteiger partial charge in [0.05, 0.1) is 26.4 Å². The Morgan fingerprint density at radius 3 is 2.38 bits per heavy atom. The molecule has 50 heavy (non-hydrogen) atoms. The molecule has 1 fully saturated rings. The van der Waals surface area contributed by atoms with Crippen LogP contribution in [0.5, 0.6) is 17.5 Å². The Labute approximate surface area is 291 Å². The summed E-state index contributed by atoms with van der Waals surface area (Å²) in [7, 11) is 2.79. The van der Waals surface area contributed by atoms with Gasteiger partial charge in [0, 0.05) is 25.5 Å². The normalized spacial score (nSPS) is 25.2. The standard InChI is InChI=1S/C35H48N6O9/c1-7-26-35(47)41-17-23(42)16-28(41)33(46)36-20(4)30(43)37-22(14-19(2)3)18-50-24-10-8-21(9-11-24)15-27(32(45)38-26)39-31(44)25-12-13-29(48-5)40-34(25)49-6/h8-13,19-20,22-23,26-28,42H,7,14-18H2,1-6H3,(H,36,46)(H,37,43)(H,38,45)(H,39,44)/t20-,22+,23-,26+,27+,28+/m1/s1. The number of aliphatic hydroxyl groups excluding tert-OH is 1. The molecule has 5 amide bonds. The molecule has 2 aromatic rings. The molecule has 1 aromatic heterocycles. The first-order chi connectivity index (χ1) is 23.8. The average molecular weight is 697 g/mol. The second kappa shape index (κ2) is 17.1. The monoisotopic (exact) mass is 696 g/mol. The lowest BCUT2D eigenvalue weighted by Crippen LogP contribution is -2.58. The van der Waals surface area contributed by atoms with Crippen LogP contribution in [-0.2, 0) is 25.6 Å². The van der Waals surface area contributed by atoms with Gasteiger partial charge in [0.1, 0.15) is 42.1 Å². The third kappa shape index (κ3) is 9.61. The third-order valence-corrected chi connectivity index (χ3v) is 8.66. The predicted molar refractivity (Wildman–Crippen MR) is 182 cm³/mol. The highest BCUT2D eigenvalue weighted by atomic mass is 16.5. The van der Waals surface area contributed by atoms with Crippen LogP contribution in [0.4, 0.5) is 0 Å². The Kier molecular flexibility index (Phi) is 13.0. The van der Waals surface area contributed by atoms with Crippen LogP contribution in [0.3, 0.4) is 0 Å². The SMILES string of the molecule is CC[C@@H]1NC(=O)[C@@H](NC(=O)c2ccc(OC)nc2OC)Cc2ccc(cc2)OC[C@H](CC(C)C)NC(=O)[C@@H](C)NC(=O)[C@@H]2C[C@@H](O)CN2C1=O. The van der Waals surface area contributed by atoms with Crippen LogP contribution in [0.15, 0.2) is 36.4 Å². The maximum Gasteiger partial charge on any atom is 0.257 e. The molecule has 4 heterocycles. The van der Waals surface area contributed by atoms with Gasteiger partial charge in [-0.1, -0.05) is 32.9 Å². The van der Waals surface area contributed by atoms with E-state index in [1.165, 1.54) is 31.3 Å². The minimum Gasteiger partial charge on any atom is -0.491 e. The van der Waals surface area contributed by atoms with Crippen molar-refractivity contribution in [3.63, 3.8) is 0 Å². The summed E-state index contributed by atoms with van der Waals surface area (Å²) in [4.78, 5) is 73.3. The number of pyridine rings is 1. The number of fused-ring (bicyclic) bond motifs is 14. The fourth-order valence-electron chi connectivity index (χ4n) is 6.02. The number of nitrogens with one attached hydrogen (secondary N) is 4. The first-order valence-corrected chi connectivity index (χ1v) is 16.8. The van der Waals surface area contributed by atoms with Crippen LogP contribution in [0.2, 0.25) is 0 Å². The van der Waals surface area contributed by atoms with Gasteiger partial charge in [0.25, 0.3) is 5.91 Å². The smallest absolute Gasteiger partial charge is 0.257 e. The topological polar surface area (TPSA) is 198 Å². The molecular formula is C35H48N6O9. The quantitative estimate of drug-likeness (QED) is 0.257. The van der Waals surface area contributed by atoms with Crippen molar-refractivity contribution in [3.05, 3.63) is 47.5 Å². The van der Waals surface area contributed by atoms with Crippen LogP contribution in [0.1, 0.15) is 62.9 Å². The van der Waals surface area contributed by atoms with Crippen molar-refractivity contribution >= 4 is 29.5 Å². The van der Waals surface area contributed by atoms with Gasteiger partial charge in [-0.2, -0.15) is 4.98 Å². The van der Waals surface area contributed by atoms with E-state index in [1.807, 2.05) is 13.8 Å². The van der Waals surface area contributed by atoms with Gasteiger partial charge in [-0.15, -0.1) is 0 Å². The molecule has 3 aliphatic rings. The number of carbonyl (C=O) groups excluding carboxylic acids is 5. The Hall–Kier alpha value is -4.92. The number of methoxy groups -OCH3 is 2. The number of amides is 5. The van der Waals surface area contributed by atoms with E-state index in [0.29, 0.717) is 17.7 Å². The Bertz CT molecular complexity index is 1540. The molecule has 3 aliphatic heterocycles. The molecule has 15 heteroatoms. The summed E-state index contributed by atoms with van der Waals surface area (Å²) in [5.74, 6) is -1.88. The second-order valence-electron chi connectivity index (χ2n) is 13.0. The number of aliphatic hydroxyl groups is 1. The van der Waals surface area contributed by atoms with Crippen molar-refractivity contribution in [2.24, 2.45) is 5.92 Å². The second-order valence-corrected chi connectivity index (χ2v) is 13.0. The molecule has 0 radical (unpaired) electrons. The van der Waals surface area contributed by atoms with Gasteiger partial charge in [0.2, 0.25) is 35.4 Å². The lowest BCUT2D eigenvalue weighted by atomic mass is 10.0. The maximum atomic E-state index is 13.9. The zero-order chi connectivity index (χ0) is 36.5. The zero-order valence-electron chi connectivity index (χ0n) is 29.4. The molecule has 2 bridgehead atoms. The molecule has 1 saturated heterocycles. The van der Waals surface area contributed by atoms with Gasteiger partial charge < -0.3 is 45.5 Å². The summed E-state index contributed by atoms with van der Waals surface area (Å²) in [6, 6.07) is 5.34. The minimum absolute atomic E-state index is 0.00419. The molecule has 0 saturated carbocycles. The summed E-state index contributed by atoms with van der Waals surface area (Å²) in [6.45, 7) is 7.33. The van der Waals surface area contributed by atoms with Gasteiger partial charge in [-0.05, 0) is 49.4 Å². The summed E-state index contributed by atoms with van der Waals surface area (Å²) in [6.07, 6.45) is -0.197. The van der Waals surface area contributed by atoms with Gasteiger partial charge in [-0.25, -0.2) is 0 Å². The van der Waals surface area contributed by atoms with E-state index in [4.69, 9.17) is 14.2 Å². The molecule has 272 valence electrons. The zero-order valence-corrected chi connectivity index (χ0v) is 29.4. The summed E-state index contributed by atoms with van der Waals surface area (Å²) in [5.41, 5.74) is 0.753. The molecule has 0 spiro atoms. The number of carbonyl (C=O) groups is 5. The number of hydrogen-bond acceptors (Lipinski definition) is 10. The van der Waals surface area contributed by atoms with Crippen molar-refractivity contribution < 1.29 is 43.3 Å². The molecule has 5 N–H and O–H groups in total. The molecule has 15 nitrogen and oxygen atoms in total. The fraction of sp³-hybridized carbons (Fsp3) is 0.543. The minimum atomic E-state index is -1.15. The van der Waals surface area contributed by atoms with E-state index in [1.54, 1.807) is 38.1 Å². The number of aromatic nitrogens is 1.